The van der Waals surface area contributed by atoms with Gasteiger partial charge in [-0.3, -0.25) is 9.69 Å². The van der Waals surface area contributed by atoms with Crippen molar-refractivity contribution < 1.29 is 4.79 Å². The second-order valence-corrected chi connectivity index (χ2v) is 6.40. The van der Waals surface area contributed by atoms with Crippen molar-refractivity contribution in [3.63, 3.8) is 0 Å². The number of likely N-dealkylation sites (N-methyl/N-ethyl adjacent to an activating group) is 2. The highest BCUT2D eigenvalue weighted by molar-refractivity contribution is 5.84. The lowest BCUT2D eigenvalue weighted by molar-refractivity contribution is -0.123. The van der Waals surface area contributed by atoms with Crippen molar-refractivity contribution >= 4 is 5.91 Å². The molecule has 2 unspecified atom stereocenters. The number of nitrogens with zero attached hydrogens (tertiary/aromatic N) is 2. The summed E-state index contributed by atoms with van der Waals surface area (Å²) in [6.45, 7) is 8.84. The average Bonchev–Trinajstić information content (AvgIpc) is 2.55. The summed E-state index contributed by atoms with van der Waals surface area (Å²) in [4.78, 5) is 16.4. The van der Waals surface area contributed by atoms with E-state index in [1.807, 2.05) is 6.92 Å². The van der Waals surface area contributed by atoms with Gasteiger partial charge in [-0.1, -0.05) is 0 Å². The maximum Gasteiger partial charge on any atom is 0.237 e. The molecular formula is C15H32N4O. The van der Waals surface area contributed by atoms with Gasteiger partial charge in [0.2, 0.25) is 5.91 Å². The summed E-state index contributed by atoms with van der Waals surface area (Å²) in [5.41, 5.74) is 4.88. The van der Waals surface area contributed by atoms with Gasteiger partial charge in [0, 0.05) is 12.6 Å². The van der Waals surface area contributed by atoms with E-state index in [2.05, 4.69) is 29.1 Å². The monoisotopic (exact) mass is 284 g/mol. The van der Waals surface area contributed by atoms with Gasteiger partial charge in [-0.25, -0.2) is 0 Å². The zero-order valence-corrected chi connectivity index (χ0v) is 13.6. The fourth-order valence-electron chi connectivity index (χ4n) is 2.92. The molecule has 1 aliphatic heterocycles. The number of carbonyl (C=O) groups is 1. The van der Waals surface area contributed by atoms with E-state index in [0.717, 1.165) is 32.4 Å². The highest BCUT2D eigenvalue weighted by atomic mass is 16.1. The van der Waals surface area contributed by atoms with Crippen LogP contribution in [0.5, 0.6) is 0 Å². The Morgan fingerprint density at radius 2 is 2.10 bits per heavy atom. The lowest BCUT2D eigenvalue weighted by Gasteiger charge is -2.29. The zero-order valence-electron chi connectivity index (χ0n) is 13.6. The molecule has 0 spiro atoms. The van der Waals surface area contributed by atoms with Crippen molar-refractivity contribution in [2.75, 3.05) is 40.3 Å². The van der Waals surface area contributed by atoms with Gasteiger partial charge in [-0.2, -0.15) is 0 Å². The average molecular weight is 284 g/mol. The molecule has 2 atom stereocenters. The van der Waals surface area contributed by atoms with E-state index in [0.29, 0.717) is 6.04 Å². The molecule has 1 heterocycles. The Balaban J connectivity index is 2.31. The minimum atomic E-state index is -0.565. The van der Waals surface area contributed by atoms with Gasteiger partial charge in [-0.15, -0.1) is 0 Å². The van der Waals surface area contributed by atoms with Gasteiger partial charge < -0.3 is 16.0 Å². The first kappa shape index (κ1) is 17.4. The van der Waals surface area contributed by atoms with Crippen LogP contribution in [0.25, 0.3) is 0 Å². The molecule has 118 valence electrons. The SMILES string of the molecule is CNC(C)(CCCCN1CCCN(C)CC1C)C(N)=O. The normalized spacial score (nSPS) is 25.1. The Labute approximate surface area is 123 Å². The summed E-state index contributed by atoms with van der Waals surface area (Å²) in [6.07, 6.45) is 4.20. The van der Waals surface area contributed by atoms with Crippen molar-refractivity contribution in [1.82, 2.24) is 15.1 Å². The third kappa shape index (κ3) is 5.04. The minimum absolute atomic E-state index is 0.259. The Morgan fingerprint density at radius 3 is 2.70 bits per heavy atom. The molecule has 0 aromatic rings. The van der Waals surface area contributed by atoms with Gasteiger partial charge in [0.15, 0.2) is 0 Å². The maximum atomic E-state index is 11.4. The molecule has 1 rings (SSSR count). The van der Waals surface area contributed by atoms with Crippen LogP contribution in [0.3, 0.4) is 0 Å². The summed E-state index contributed by atoms with van der Waals surface area (Å²) in [7, 11) is 4.00. The lowest BCUT2D eigenvalue weighted by atomic mass is 9.94. The summed E-state index contributed by atoms with van der Waals surface area (Å²) >= 11 is 0. The molecule has 0 radical (unpaired) electrons. The van der Waals surface area contributed by atoms with Gasteiger partial charge in [0.1, 0.15) is 0 Å². The van der Waals surface area contributed by atoms with E-state index in [9.17, 15) is 4.79 Å². The summed E-state index contributed by atoms with van der Waals surface area (Å²) in [5, 5.41) is 3.05. The topological polar surface area (TPSA) is 61.6 Å². The molecule has 1 fully saturated rings. The lowest BCUT2D eigenvalue weighted by Crippen LogP contribution is -2.51. The van der Waals surface area contributed by atoms with E-state index < -0.39 is 5.54 Å². The standard InChI is InChI=1S/C15H32N4O/c1-13-12-18(4)9-7-11-19(13)10-6-5-8-15(2,17-3)14(16)20/h13,17H,5-12H2,1-4H3,(H2,16,20). The summed E-state index contributed by atoms with van der Waals surface area (Å²) in [6, 6.07) is 0.620. The highest BCUT2D eigenvalue weighted by Gasteiger charge is 2.28. The second-order valence-electron chi connectivity index (χ2n) is 6.40. The molecule has 3 N–H and O–H groups in total. The number of amides is 1. The molecule has 0 aliphatic carbocycles. The first-order chi connectivity index (χ1) is 9.39. The van der Waals surface area contributed by atoms with Crippen molar-refractivity contribution in [2.24, 2.45) is 5.73 Å². The number of nitrogens with two attached hydrogens (primary N) is 1. The highest BCUT2D eigenvalue weighted by Crippen LogP contribution is 2.15. The molecule has 1 amide bonds. The van der Waals surface area contributed by atoms with Crippen LogP contribution in [0.2, 0.25) is 0 Å². The maximum absolute atomic E-state index is 11.4. The molecule has 0 aromatic heterocycles. The van der Waals surface area contributed by atoms with Crippen LogP contribution < -0.4 is 11.1 Å². The van der Waals surface area contributed by atoms with Crippen LogP contribution >= 0.6 is 0 Å². The Kier molecular flexibility index (Phi) is 6.92. The molecule has 0 aromatic carbocycles. The predicted molar refractivity (Wildman–Crippen MR) is 83.7 cm³/mol. The quantitative estimate of drug-likeness (QED) is 0.674. The van der Waals surface area contributed by atoms with Crippen LogP contribution in [-0.4, -0.2) is 67.6 Å². The molecule has 1 aliphatic rings. The first-order valence-corrected chi connectivity index (χ1v) is 7.80. The summed E-state index contributed by atoms with van der Waals surface area (Å²) in [5.74, 6) is -0.259. The number of hydrogen-bond acceptors (Lipinski definition) is 4. The van der Waals surface area contributed by atoms with Crippen molar-refractivity contribution in [3.8, 4) is 0 Å². The Morgan fingerprint density at radius 1 is 1.40 bits per heavy atom. The zero-order chi connectivity index (χ0) is 15.2. The minimum Gasteiger partial charge on any atom is -0.368 e. The summed E-state index contributed by atoms with van der Waals surface area (Å²) < 4.78 is 0. The molecule has 1 saturated heterocycles. The number of nitrogens with one attached hydrogen (secondary N) is 1. The van der Waals surface area contributed by atoms with E-state index in [1.54, 1.807) is 7.05 Å². The van der Waals surface area contributed by atoms with Crippen LogP contribution in [0.4, 0.5) is 0 Å². The fraction of sp³-hybridized carbons (Fsp3) is 0.933. The number of carbonyl (C=O) groups excluding carboxylic acids is 1. The molecular weight excluding hydrogens is 252 g/mol. The van der Waals surface area contributed by atoms with E-state index in [1.165, 1.54) is 19.5 Å². The molecule has 5 nitrogen and oxygen atoms in total. The molecule has 5 heteroatoms. The van der Waals surface area contributed by atoms with Crippen LogP contribution in [0.1, 0.15) is 39.5 Å². The van der Waals surface area contributed by atoms with Gasteiger partial charge >= 0.3 is 0 Å². The molecule has 0 bridgehead atoms. The Bertz CT molecular complexity index is 310. The van der Waals surface area contributed by atoms with Gasteiger partial charge in [0.25, 0.3) is 0 Å². The van der Waals surface area contributed by atoms with Crippen molar-refractivity contribution in [3.05, 3.63) is 0 Å². The number of unbranched alkanes of at least 4 members (excludes halogenated alkanes) is 1. The second kappa shape index (κ2) is 7.96. The number of hydrogen-bond donors (Lipinski definition) is 2. The van der Waals surface area contributed by atoms with Crippen LogP contribution in [-0.2, 0) is 4.79 Å². The largest absolute Gasteiger partial charge is 0.368 e. The third-order valence-corrected chi connectivity index (χ3v) is 4.65. The molecule has 20 heavy (non-hydrogen) atoms. The third-order valence-electron chi connectivity index (χ3n) is 4.65. The van der Waals surface area contributed by atoms with E-state index in [4.69, 9.17) is 5.73 Å². The number of rotatable bonds is 7. The van der Waals surface area contributed by atoms with Gasteiger partial charge in [-0.05, 0) is 73.3 Å². The smallest absolute Gasteiger partial charge is 0.237 e. The van der Waals surface area contributed by atoms with Crippen LogP contribution in [0, 0.1) is 0 Å². The first-order valence-electron chi connectivity index (χ1n) is 7.80. The predicted octanol–water partition coefficient (Wildman–Crippen LogP) is 0.646. The fourth-order valence-corrected chi connectivity index (χ4v) is 2.92. The Hall–Kier alpha value is -0.650. The van der Waals surface area contributed by atoms with Crippen molar-refractivity contribution in [2.45, 2.75) is 51.1 Å². The van der Waals surface area contributed by atoms with E-state index in [-0.39, 0.29) is 5.91 Å². The van der Waals surface area contributed by atoms with Crippen LogP contribution in [0.15, 0.2) is 0 Å². The van der Waals surface area contributed by atoms with Crippen molar-refractivity contribution in [1.29, 1.82) is 0 Å². The molecule has 0 saturated carbocycles. The van der Waals surface area contributed by atoms with Gasteiger partial charge in [0.05, 0.1) is 5.54 Å². The number of primary amides is 1. The van der Waals surface area contributed by atoms with E-state index >= 15 is 0 Å².